The van der Waals surface area contributed by atoms with Crippen LogP contribution in [0.3, 0.4) is 0 Å². The van der Waals surface area contributed by atoms with E-state index in [-0.39, 0.29) is 36.0 Å². The van der Waals surface area contributed by atoms with Crippen molar-refractivity contribution in [3.63, 3.8) is 0 Å². The van der Waals surface area contributed by atoms with Gasteiger partial charge in [0.25, 0.3) is 0 Å². The van der Waals surface area contributed by atoms with Gasteiger partial charge in [-0.2, -0.15) is 13.2 Å². The lowest BCUT2D eigenvalue weighted by Gasteiger charge is -2.13. The Labute approximate surface area is 96.5 Å². The average molecular weight is 256 g/mol. The predicted molar refractivity (Wildman–Crippen MR) is 57.1 cm³/mol. The molecule has 2 N–H and O–H groups in total. The number of nitrogens with one attached hydrogen (secondary N) is 2. The van der Waals surface area contributed by atoms with E-state index in [0.29, 0.717) is 0 Å². The summed E-state index contributed by atoms with van der Waals surface area (Å²) in [6, 6.07) is -0.157. The van der Waals surface area contributed by atoms with Crippen LogP contribution < -0.4 is 10.6 Å². The number of carbonyl (C=O) groups is 1. The fraction of sp³-hybridized carbons (Fsp3) is 0.889. The summed E-state index contributed by atoms with van der Waals surface area (Å²) in [5.74, 6) is -0.218. The first-order chi connectivity index (χ1) is 7.38. The number of hydrogen-bond donors (Lipinski definition) is 2. The third-order valence-corrected chi connectivity index (χ3v) is 2.87. The van der Waals surface area contributed by atoms with Gasteiger partial charge in [-0.05, 0) is 31.5 Å². The van der Waals surface area contributed by atoms with Crippen LogP contribution in [0.2, 0.25) is 0 Å². The summed E-state index contributed by atoms with van der Waals surface area (Å²) in [7, 11) is 0. The van der Waals surface area contributed by atoms with Crippen LogP contribution in [0.5, 0.6) is 0 Å². The molecule has 3 nitrogen and oxygen atoms in total. The molecule has 0 aliphatic heterocycles. The first-order valence-corrected chi connectivity index (χ1v) is 6.11. The van der Waals surface area contributed by atoms with Crippen LogP contribution in [0.25, 0.3) is 0 Å². The van der Waals surface area contributed by atoms with E-state index < -0.39 is 11.6 Å². The first-order valence-electron chi connectivity index (χ1n) is 5.13. The summed E-state index contributed by atoms with van der Waals surface area (Å²) in [6.45, 7) is 1.82. The molecule has 16 heavy (non-hydrogen) atoms. The van der Waals surface area contributed by atoms with E-state index in [4.69, 9.17) is 0 Å². The fourth-order valence-corrected chi connectivity index (χ4v) is 1.54. The van der Waals surface area contributed by atoms with Crippen LogP contribution >= 0.6 is 11.8 Å². The van der Waals surface area contributed by atoms with Crippen molar-refractivity contribution >= 4 is 17.7 Å². The Morgan fingerprint density at radius 2 is 2.12 bits per heavy atom. The molecule has 1 aliphatic rings. The maximum Gasteiger partial charge on any atom is 0.441 e. The number of thioether (sulfide) groups is 1. The summed E-state index contributed by atoms with van der Waals surface area (Å²) in [6.07, 6.45) is 2.00. The van der Waals surface area contributed by atoms with Crippen molar-refractivity contribution in [2.45, 2.75) is 37.4 Å². The molecule has 0 radical (unpaired) electrons. The van der Waals surface area contributed by atoms with E-state index in [1.807, 2.05) is 0 Å². The van der Waals surface area contributed by atoms with E-state index in [1.165, 1.54) is 0 Å². The van der Waals surface area contributed by atoms with E-state index in [2.05, 4.69) is 10.6 Å². The van der Waals surface area contributed by atoms with Gasteiger partial charge in [0, 0.05) is 18.3 Å². The Balaban J connectivity index is 2.04. The molecule has 1 aliphatic carbocycles. The van der Waals surface area contributed by atoms with Crippen LogP contribution in [0.1, 0.15) is 19.8 Å². The zero-order valence-electron chi connectivity index (χ0n) is 8.93. The molecule has 1 rings (SSSR count). The van der Waals surface area contributed by atoms with Gasteiger partial charge < -0.3 is 10.6 Å². The Bertz CT molecular complexity index is 243. The molecular formula is C9H15F3N2OS. The zero-order valence-corrected chi connectivity index (χ0v) is 9.75. The van der Waals surface area contributed by atoms with Gasteiger partial charge in [0.1, 0.15) is 0 Å². The molecule has 1 atom stereocenters. The number of carbonyl (C=O) groups excluding carboxylic acids is 1. The molecule has 1 amide bonds. The van der Waals surface area contributed by atoms with Gasteiger partial charge in [0.15, 0.2) is 0 Å². The van der Waals surface area contributed by atoms with Crippen molar-refractivity contribution in [3.05, 3.63) is 0 Å². The van der Waals surface area contributed by atoms with Crippen LogP contribution in [0.4, 0.5) is 13.2 Å². The Hall–Kier alpha value is -0.430. The van der Waals surface area contributed by atoms with Crippen LogP contribution in [-0.2, 0) is 4.79 Å². The summed E-state index contributed by atoms with van der Waals surface area (Å²) in [5, 5.41) is 5.54. The van der Waals surface area contributed by atoms with Gasteiger partial charge in [0.2, 0.25) is 5.91 Å². The quantitative estimate of drug-likeness (QED) is 0.708. The lowest BCUT2D eigenvalue weighted by atomic mass is 10.3. The minimum Gasteiger partial charge on any atom is -0.352 e. The number of amides is 1. The molecule has 1 saturated carbocycles. The summed E-state index contributed by atoms with van der Waals surface area (Å²) >= 11 is -0.0807. The van der Waals surface area contributed by atoms with Crippen LogP contribution in [-0.4, -0.2) is 35.8 Å². The summed E-state index contributed by atoms with van der Waals surface area (Å²) in [4.78, 5) is 11.4. The maximum atomic E-state index is 11.8. The SMILES string of the molecule is CC(NCCSC(F)(F)F)C(=O)NC1CC1. The van der Waals surface area contributed by atoms with E-state index >= 15 is 0 Å². The second-order valence-electron chi connectivity index (χ2n) is 3.75. The van der Waals surface area contributed by atoms with Crippen LogP contribution in [0, 0.1) is 0 Å². The van der Waals surface area contributed by atoms with Crippen molar-refractivity contribution < 1.29 is 18.0 Å². The second kappa shape index (κ2) is 5.77. The Morgan fingerprint density at radius 3 is 2.62 bits per heavy atom. The van der Waals surface area contributed by atoms with Gasteiger partial charge in [-0.1, -0.05) is 0 Å². The van der Waals surface area contributed by atoms with Crippen molar-refractivity contribution in [2.75, 3.05) is 12.3 Å². The topological polar surface area (TPSA) is 41.1 Å². The minimum absolute atomic E-state index is 0.0788. The highest BCUT2D eigenvalue weighted by Crippen LogP contribution is 2.29. The van der Waals surface area contributed by atoms with Crippen molar-refractivity contribution in [1.82, 2.24) is 10.6 Å². The number of halogens is 3. The highest BCUT2D eigenvalue weighted by atomic mass is 32.2. The standard InChI is InChI=1S/C9H15F3N2OS/c1-6(8(15)14-7-2-3-7)13-4-5-16-9(10,11)12/h6-7,13H,2-5H2,1H3,(H,14,15). The van der Waals surface area contributed by atoms with Crippen molar-refractivity contribution in [2.24, 2.45) is 0 Å². The minimum atomic E-state index is -4.19. The van der Waals surface area contributed by atoms with Crippen molar-refractivity contribution in [1.29, 1.82) is 0 Å². The maximum absolute atomic E-state index is 11.8. The predicted octanol–water partition coefficient (Wildman–Crippen LogP) is 1.50. The lowest BCUT2D eigenvalue weighted by molar-refractivity contribution is -0.122. The molecular weight excluding hydrogens is 241 g/mol. The number of alkyl halides is 3. The van der Waals surface area contributed by atoms with Gasteiger partial charge >= 0.3 is 5.51 Å². The molecule has 1 unspecified atom stereocenters. The molecule has 0 spiro atoms. The average Bonchev–Trinajstić information content (AvgIpc) is 2.94. The first kappa shape index (κ1) is 13.6. The smallest absolute Gasteiger partial charge is 0.352 e. The van der Waals surface area contributed by atoms with Crippen LogP contribution in [0.15, 0.2) is 0 Å². The normalized spacial score (nSPS) is 18.2. The van der Waals surface area contributed by atoms with E-state index in [1.54, 1.807) is 6.92 Å². The molecule has 0 aromatic carbocycles. The molecule has 0 aromatic rings. The van der Waals surface area contributed by atoms with E-state index in [9.17, 15) is 18.0 Å². The molecule has 0 aromatic heterocycles. The number of hydrogen-bond acceptors (Lipinski definition) is 3. The third kappa shape index (κ3) is 6.22. The number of rotatable bonds is 6. The molecule has 0 saturated heterocycles. The van der Waals surface area contributed by atoms with Gasteiger partial charge in [-0.3, -0.25) is 4.79 Å². The molecule has 0 heterocycles. The molecule has 1 fully saturated rings. The Kier molecular flexibility index (Phi) is 4.91. The lowest BCUT2D eigenvalue weighted by Crippen LogP contribution is -2.43. The largest absolute Gasteiger partial charge is 0.441 e. The van der Waals surface area contributed by atoms with E-state index in [0.717, 1.165) is 12.8 Å². The zero-order chi connectivity index (χ0) is 12.2. The Morgan fingerprint density at radius 1 is 1.50 bits per heavy atom. The fourth-order valence-electron chi connectivity index (χ4n) is 1.09. The second-order valence-corrected chi connectivity index (χ2v) is 4.91. The third-order valence-electron chi connectivity index (χ3n) is 2.14. The van der Waals surface area contributed by atoms with Gasteiger partial charge in [0.05, 0.1) is 6.04 Å². The summed E-state index contributed by atoms with van der Waals surface area (Å²) < 4.78 is 35.3. The van der Waals surface area contributed by atoms with Crippen molar-refractivity contribution in [3.8, 4) is 0 Å². The monoisotopic (exact) mass is 256 g/mol. The highest BCUT2D eigenvalue weighted by molar-refractivity contribution is 8.00. The molecule has 94 valence electrons. The highest BCUT2D eigenvalue weighted by Gasteiger charge is 2.28. The summed E-state index contributed by atoms with van der Waals surface area (Å²) in [5.41, 5.74) is -4.19. The molecule has 7 heteroatoms. The van der Waals surface area contributed by atoms with Gasteiger partial charge in [-0.15, -0.1) is 0 Å². The van der Waals surface area contributed by atoms with Gasteiger partial charge in [-0.25, -0.2) is 0 Å². The molecule has 0 bridgehead atoms.